The largest absolute Gasteiger partial charge is 0.496 e. The van der Waals surface area contributed by atoms with Crippen molar-refractivity contribution in [2.24, 2.45) is 5.73 Å². The predicted molar refractivity (Wildman–Crippen MR) is 72.8 cm³/mol. The molecule has 0 saturated carbocycles. The second kappa shape index (κ2) is 5.08. The summed E-state index contributed by atoms with van der Waals surface area (Å²) >= 11 is 1.64. The third-order valence-electron chi connectivity index (χ3n) is 3.02. The zero-order valence-electron chi connectivity index (χ0n) is 10.7. The van der Waals surface area contributed by atoms with Gasteiger partial charge in [0.25, 0.3) is 0 Å². The number of methoxy groups -OCH3 is 1. The van der Waals surface area contributed by atoms with Crippen molar-refractivity contribution in [3.8, 4) is 5.75 Å². The molecule has 2 N–H and O–H groups in total. The molecule has 0 saturated heterocycles. The SMILES string of the molecule is COc1ccc(F)cc1C(N)c1cc(C)c(C)s1. The van der Waals surface area contributed by atoms with E-state index in [4.69, 9.17) is 10.5 Å². The van der Waals surface area contributed by atoms with Crippen molar-refractivity contribution in [3.63, 3.8) is 0 Å². The van der Waals surface area contributed by atoms with Crippen LogP contribution in [0.25, 0.3) is 0 Å². The Labute approximate surface area is 110 Å². The van der Waals surface area contributed by atoms with E-state index in [0.29, 0.717) is 11.3 Å². The Bertz CT molecular complexity index is 545. The van der Waals surface area contributed by atoms with Crippen LogP contribution in [0.4, 0.5) is 4.39 Å². The number of ether oxygens (including phenoxy) is 1. The lowest BCUT2D eigenvalue weighted by molar-refractivity contribution is 0.406. The van der Waals surface area contributed by atoms with Gasteiger partial charge >= 0.3 is 0 Å². The maximum atomic E-state index is 13.3. The molecule has 18 heavy (non-hydrogen) atoms. The highest BCUT2D eigenvalue weighted by Crippen LogP contribution is 2.33. The van der Waals surface area contributed by atoms with Crippen LogP contribution >= 0.6 is 11.3 Å². The van der Waals surface area contributed by atoms with E-state index in [1.165, 1.54) is 22.6 Å². The number of aryl methyl sites for hydroxylation is 2. The van der Waals surface area contributed by atoms with Crippen LogP contribution < -0.4 is 10.5 Å². The van der Waals surface area contributed by atoms with E-state index >= 15 is 0 Å². The van der Waals surface area contributed by atoms with Crippen LogP contribution in [0.2, 0.25) is 0 Å². The lowest BCUT2D eigenvalue weighted by Crippen LogP contribution is -2.12. The minimum absolute atomic E-state index is 0.300. The van der Waals surface area contributed by atoms with E-state index < -0.39 is 0 Å². The highest BCUT2D eigenvalue weighted by atomic mass is 32.1. The fraction of sp³-hybridized carbons (Fsp3) is 0.286. The van der Waals surface area contributed by atoms with Crippen LogP contribution in [0.5, 0.6) is 5.75 Å². The summed E-state index contributed by atoms with van der Waals surface area (Å²) in [6, 6.07) is 6.12. The van der Waals surface area contributed by atoms with Gasteiger partial charge in [-0.05, 0) is 43.7 Å². The summed E-state index contributed by atoms with van der Waals surface area (Å²) in [5, 5.41) is 0. The van der Waals surface area contributed by atoms with Gasteiger partial charge < -0.3 is 10.5 Å². The van der Waals surface area contributed by atoms with Crippen molar-refractivity contribution < 1.29 is 9.13 Å². The monoisotopic (exact) mass is 265 g/mol. The average Bonchev–Trinajstić information content (AvgIpc) is 2.68. The molecule has 0 fully saturated rings. The van der Waals surface area contributed by atoms with E-state index in [2.05, 4.69) is 13.0 Å². The summed E-state index contributed by atoms with van der Waals surface area (Å²) in [4.78, 5) is 2.25. The molecule has 1 aromatic carbocycles. The molecule has 0 radical (unpaired) electrons. The summed E-state index contributed by atoms with van der Waals surface area (Å²) in [6.45, 7) is 4.10. The summed E-state index contributed by atoms with van der Waals surface area (Å²) in [7, 11) is 1.56. The van der Waals surface area contributed by atoms with Crippen LogP contribution in [0.3, 0.4) is 0 Å². The van der Waals surface area contributed by atoms with Crippen LogP contribution in [0.1, 0.15) is 26.9 Å². The molecule has 0 bridgehead atoms. The fourth-order valence-corrected chi connectivity index (χ4v) is 2.92. The number of halogens is 1. The number of hydrogen-bond acceptors (Lipinski definition) is 3. The number of nitrogens with two attached hydrogens (primary N) is 1. The van der Waals surface area contributed by atoms with Gasteiger partial charge in [-0.25, -0.2) is 4.39 Å². The third kappa shape index (κ3) is 2.40. The van der Waals surface area contributed by atoms with Crippen LogP contribution in [0.15, 0.2) is 24.3 Å². The van der Waals surface area contributed by atoms with E-state index in [9.17, 15) is 4.39 Å². The van der Waals surface area contributed by atoms with Crippen LogP contribution in [0, 0.1) is 19.7 Å². The number of hydrogen-bond donors (Lipinski definition) is 1. The van der Waals surface area contributed by atoms with Gasteiger partial charge in [0.1, 0.15) is 11.6 Å². The molecule has 0 aliphatic heterocycles. The smallest absolute Gasteiger partial charge is 0.124 e. The summed E-state index contributed by atoms with van der Waals surface area (Å²) in [5.74, 6) is 0.318. The van der Waals surface area contributed by atoms with Gasteiger partial charge in [-0.2, -0.15) is 0 Å². The third-order valence-corrected chi connectivity index (χ3v) is 4.25. The second-order valence-corrected chi connectivity index (χ2v) is 5.54. The Morgan fingerprint density at radius 3 is 2.56 bits per heavy atom. The zero-order valence-corrected chi connectivity index (χ0v) is 11.5. The van der Waals surface area contributed by atoms with Crippen molar-refractivity contribution >= 4 is 11.3 Å². The van der Waals surface area contributed by atoms with Gasteiger partial charge in [0, 0.05) is 15.3 Å². The molecule has 1 unspecified atom stereocenters. The fourth-order valence-electron chi connectivity index (χ4n) is 1.86. The molecule has 0 aliphatic carbocycles. The van der Waals surface area contributed by atoms with Crippen LogP contribution in [-0.4, -0.2) is 7.11 Å². The Morgan fingerprint density at radius 1 is 1.28 bits per heavy atom. The Hall–Kier alpha value is -1.39. The molecule has 96 valence electrons. The molecule has 0 spiro atoms. The first-order valence-electron chi connectivity index (χ1n) is 5.69. The van der Waals surface area contributed by atoms with Gasteiger partial charge in [-0.3, -0.25) is 0 Å². The highest BCUT2D eigenvalue weighted by molar-refractivity contribution is 7.12. The summed E-state index contributed by atoms with van der Waals surface area (Å²) in [5.41, 5.74) is 8.10. The Morgan fingerprint density at radius 2 is 2.00 bits per heavy atom. The highest BCUT2D eigenvalue weighted by Gasteiger charge is 2.17. The molecule has 1 heterocycles. The summed E-state index contributed by atoms with van der Waals surface area (Å²) < 4.78 is 18.6. The van der Waals surface area contributed by atoms with Crippen molar-refractivity contribution in [2.45, 2.75) is 19.9 Å². The Balaban J connectivity index is 2.44. The normalized spacial score (nSPS) is 12.5. The van der Waals surface area contributed by atoms with E-state index in [0.717, 1.165) is 4.88 Å². The van der Waals surface area contributed by atoms with Crippen molar-refractivity contribution in [1.82, 2.24) is 0 Å². The molecule has 0 amide bonds. The molecule has 4 heteroatoms. The van der Waals surface area contributed by atoms with E-state index in [1.54, 1.807) is 24.5 Å². The maximum Gasteiger partial charge on any atom is 0.124 e. The molecule has 1 atom stereocenters. The van der Waals surface area contributed by atoms with Gasteiger partial charge in [0.15, 0.2) is 0 Å². The number of benzene rings is 1. The molecule has 2 nitrogen and oxygen atoms in total. The lowest BCUT2D eigenvalue weighted by atomic mass is 10.0. The van der Waals surface area contributed by atoms with Gasteiger partial charge in [-0.15, -0.1) is 11.3 Å². The molecule has 2 rings (SSSR count). The first kappa shape index (κ1) is 13.1. The molecule has 2 aromatic rings. The number of thiophene rings is 1. The van der Waals surface area contributed by atoms with Crippen molar-refractivity contribution in [3.05, 3.63) is 51.0 Å². The molecular weight excluding hydrogens is 249 g/mol. The first-order valence-corrected chi connectivity index (χ1v) is 6.50. The second-order valence-electron chi connectivity index (χ2n) is 4.25. The zero-order chi connectivity index (χ0) is 13.3. The van der Waals surface area contributed by atoms with E-state index in [-0.39, 0.29) is 11.9 Å². The molecule has 0 aliphatic rings. The minimum Gasteiger partial charge on any atom is -0.496 e. The van der Waals surface area contributed by atoms with E-state index in [1.807, 2.05) is 6.92 Å². The minimum atomic E-state index is -0.354. The average molecular weight is 265 g/mol. The van der Waals surface area contributed by atoms with Crippen LogP contribution in [-0.2, 0) is 0 Å². The lowest BCUT2D eigenvalue weighted by Gasteiger charge is -2.14. The van der Waals surface area contributed by atoms with Gasteiger partial charge in [-0.1, -0.05) is 0 Å². The predicted octanol–water partition coefficient (Wildman–Crippen LogP) is 3.56. The maximum absolute atomic E-state index is 13.3. The molecule has 1 aromatic heterocycles. The standard InChI is InChI=1S/C14H16FNOS/c1-8-6-13(18-9(8)2)14(16)11-7-10(15)4-5-12(11)17-3/h4-7,14H,16H2,1-3H3. The molecular formula is C14H16FNOS. The topological polar surface area (TPSA) is 35.2 Å². The Kier molecular flexibility index (Phi) is 3.68. The summed E-state index contributed by atoms with van der Waals surface area (Å²) in [6.07, 6.45) is 0. The van der Waals surface area contributed by atoms with Crippen molar-refractivity contribution in [2.75, 3.05) is 7.11 Å². The van der Waals surface area contributed by atoms with Crippen molar-refractivity contribution in [1.29, 1.82) is 0 Å². The van der Waals surface area contributed by atoms with Gasteiger partial charge in [0.2, 0.25) is 0 Å². The quantitative estimate of drug-likeness (QED) is 0.921. The number of rotatable bonds is 3. The van der Waals surface area contributed by atoms with Gasteiger partial charge in [0.05, 0.1) is 13.2 Å². The first-order chi connectivity index (χ1) is 8.52.